The minimum Gasteiger partial charge on any atom is -0.371 e. The Morgan fingerprint density at radius 2 is 2.27 bits per heavy atom. The largest absolute Gasteiger partial charge is 0.371 e. The van der Waals surface area contributed by atoms with Crippen LogP contribution in [0.4, 0.5) is 0 Å². The van der Waals surface area contributed by atoms with Crippen LogP contribution in [0, 0.1) is 6.92 Å². The number of rotatable bonds is 1. The van der Waals surface area contributed by atoms with Crippen molar-refractivity contribution in [2.75, 3.05) is 19.7 Å². The van der Waals surface area contributed by atoms with Gasteiger partial charge in [-0.25, -0.2) is 0 Å². The third-order valence-corrected chi connectivity index (χ3v) is 3.53. The minimum atomic E-state index is 0.275. The summed E-state index contributed by atoms with van der Waals surface area (Å²) in [5.74, 6) is 0. The van der Waals surface area contributed by atoms with E-state index in [4.69, 9.17) is 4.74 Å². The zero-order valence-electron chi connectivity index (χ0n) is 9.23. The van der Waals surface area contributed by atoms with Crippen LogP contribution < -0.4 is 5.32 Å². The quantitative estimate of drug-likeness (QED) is 0.730. The first-order chi connectivity index (χ1) is 7.36. The van der Waals surface area contributed by atoms with Crippen molar-refractivity contribution in [2.45, 2.75) is 32.3 Å². The highest BCUT2D eigenvalue weighted by Gasteiger charge is 2.26. The number of aryl methyl sites for hydroxylation is 2. The van der Waals surface area contributed by atoms with Crippen LogP contribution in [-0.4, -0.2) is 24.7 Å². The van der Waals surface area contributed by atoms with Gasteiger partial charge in [0.05, 0.1) is 12.7 Å². The summed E-state index contributed by atoms with van der Waals surface area (Å²) < 4.78 is 5.85. The van der Waals surface area contributed by atoms with Crippen molar-refractivity contribution in [1.29, 1.82) is 0 Å². The van der Waals surface area contributed by atoms with Crippen LogP contribution >= 0.6 is 0 Å². The van der Waals surface area contributed by atoms with E-state index < -0.39 is 0 Å². The van der Waals surface area contributed by atoms with Gasteiger partial charge in [0.15, 0.2) is 0 Å². The van der Waals surface area contributed by atoms with Gasteiger partial charge in [0.2, 0.25) is 0 Å². The second-order valence-electron chi connectivity index (χ2n) is 4.54. The molecule has 2 heterocycles. The molecule has 0 bridgehead atoms. The summed E-state index contributed by atoms with van der Waals surface area (Å²) in [7, 11) is 0. The fourth-order valence-corrected chi connectivity index (χ4v) is 2.89. The van der Waals surface area contributed by atoms with Gasteiger partial charge >= 0.3 is 0 Å². The minimum absolute atomic E-state index is 0.275. The Kier molecular flexibility index (Phi) is 2.29. The van der Waals surface area contributed by atoms with E-state index in [1.54, 1.807) is 5.56 Å². The van der Waals surface area contributed by atoms with Crippen molar-refractivity contribution < 1.29 is 4.74 Å². The zero-order chi connectivity index (χ0) is 10.3. The van der Waals surface area contributed by atoms with Gasteiger partial charge in [-0.2, -0.15) is 0 Å². The number of fused-ring (bicyclic) bond motifs is 1. The summed E-state index contributed by atoms with van der Waals surface area (Å²) in [5, 5.41) is 3.40. The van der Waals surface area contributed by atoms with Crippen molar-refractivity contribution in [3.63, 3.8) is 0 Å². The van der Waals surface area contributed by atoms with E-state index in [1.807, 2.05) is 0 Å². The SMILES string of the molecule is Cc1[nH]c2c(c1C1CNCCO1)CCC2. The van der Waals surface area contributed by atoms with Crippen molar-refractivity contribution in [2.24, 2.45) is 0 Å². The molecule has 1 fully saturated rings. The fraction of sp³-hybridized carbons (Fsp3) is 0.667. The summed E-state index contributed by atoms with van der Waals surface area (Å²) >= 11 is 0. The first kappa shape index (κ1) is 9.43. The van der Waals surface area contributed by atoms with Crippen LogP contribution in [0.2, 0.25) is 0 Å². The maximum Gasteiger partial charge on any atom is 0.0969 e. The Morgan fingerprint density at radius 3 is 3.07 bits per heavy atom. The lowest BCUT2D eigenvalue weighted by Gasteiger charge is -2.24. The molecule has 3 nitrogen and oxygen atoms in total. The first-order valence-electron chi connectivity index (χ1n) is 5.89. The van der Waals surface area contributed by atoms with Gasteiger partial charge in [0, 0.05) is 30.0 Å². The lowest BCUT2D eigenvalue weighted by atomic mass is 10.0. The second-order valence-corrected chi connectivity index (χ2v) is 4.54. The maximum absolute atomic E-state index is 5.85. The van der Waals surface area contributed by atoms with Crippen LogP contribution in [0.25, 0.3) is 0 Å². The van der Waals surface area contributed by atoms with E-state index in [0.29, 0.717) is 0 Å². The van der Waals surface area contributed by atoms with Crippen molar-refractivity contribution in [3.8, 4) is 0 Å². The first-order valence-corrected chi connectivity index (χ1v) is 5.89. The molecule has 1 aromatic heterocycles. The van der Waals surface area contributed by atoms with Crippen LogP contribution in [0.3, 0.4) is 0 Å². The van der Waals surface area contributed by atoms with Gasteiger partial charge in [0.25, 0.3) is 0 Å². The Balaban J connectivity index is 1.95. The Labute approximate surface area is 90.2 Å². The molecule has 2 aliphatic rings. The Bertz CT molecular complexity index is 364. The Hall–Kier alpha value is -0.800. The van der Waals surface area contributed by atoms with Gasteiger partial charge in [-0.1, -0.05) is 0 Å². The van der Waals surface area contributed by atoms with Crippen molar-refractivity contribution in [1.82, 2.24) is 10.3 Å². The molecule has 1 aliphatic heterocycles. The summed E-state index contributed by atoms with van der Waals surface area (Å²) in [4.78, 5) is 3.51. The predicted molar refractivity (Wildman–Crippen MR) is 59.1 cm³/mol. The molecule has 0 aromatic carbocycles. The molecule has 1 atom stereocenters. The van der Waals surface area contributed by atoms with Gasteiger partial charge in [0.1, 0.15) is 0 Å². The molecule has 82 valence electrons. The molecular formula is C12H18N2O. The number of H-pyrrole nitrogens is 1. The molecular weight excluding hydrogens is 188 g/mol. The summed E-state index contributed by atoms with van der Waals surface area (Å²) in [6, 6.07) is 0. The summed E-state index contributed by atoms with van der Waals surface area (Å²) in [6.45, 7) is 4.96. The molecule has 1 saturated heterocycles. The number of hydrogen-bond acceptors (Lipinski definition) is 2. The number of morpholine rings is 1. The molecule has 0 radical (unpaired) electrons. The third-order valence-electron chi connectivity index (χ3n) is 3.53. The molecule has 2 N–H and O–H groups in total. The van der Waals surface area contributed by atoms with Gasteiger partial charge in [-0.15, -0.1) is 0 Å². The number of aromatic nitrogens is 1. The molecule has 1 aromatic rings. The highest BCUT2D eigenvalue weighted by molar-refractivity contribution is 5.41. The van der Waals surface area contributed by atoms with Crippen LogP contribution in [0.15, 0.2) is 0 Å². The summed E-state index contributed by atoms with van der Waals surface area (Å²) in [6.07, 6.45) is 4.02. The molecule has 3 rings (SSSR count). The molecule has 0 amide bonds. The van der Waals surface area contributed by atoms with E-state index in [0.717, 1.165) is 19.7 Å². The zero-order valence-corrected chi connectivity index (χ0v) is 9.23. The number of nitrogens with one attached hydrogen (secondary N) is 2. The van der Waals surface area contributed by atoms with E-state index in [1.165, 1.54) is 36.2 Å². The van der Waals surface area contributed by atoms with Crippen LogP contribution in [0.5, 0.6) is 0 Å². The normalized spacial score (nSPS) is 25.5. The van der Waals surface area contributed by atoms with E-state index in [9.17, 15) is 0 Å². The lowest BCUT2D eigenvalue weighted by molar-refractivity contribution is 0.0269. The van der Waals surface area contributed by atoms with Gasteiger partial charge in [-0.05, 0) is 31.7 Å². The van der Waals surface area contributed by atoms with E-state index >= 15 is 0 Å². The second kappa shape index (κ2) is 3.65. The predicted octanol–water partition coefficient (Wildman–Crippen LogP) is 1.47. The molecule has 1 aliphatic carbocycles. The highest BCUT2D eigenvalue weighted by Crippen LogP contribution is 2.33. The van der Waals surface area contributed by atoms with E-state index in [-0.39, 0.29) is 6.10 Å². The lowest BCUT2D eigenvalue weighted by Crippen LogP contribution is -2.33. The van der Waals surface area contributed by atoms with Crippen molar-refractivity contribution >= 4 is 0 Å². The maximum atomic E-state index is 5.85. The number of ether oxygens (including phenoxy) is 1. The average Bonchev–Trinajstić information content (AvgIpc) is 2.78. The van der Waals surface area contributed by atoms with E-state index in [2.05, 4.69) is 17.2 Å². The standard InChI is InChI=1S/C12H18N2O/c1-8-12(11-7-13-5-6-15-11)9-3-2-4-10(9)14-8/h11,13-14H,2-7H2,1H3. The molecule has 15 heavy (non-hydrogen) atoms. The van der Waals surface area contributed by atoms with Crippen molar-refractivity contribution in [3.05, 3.63) is 22.5 Å². The smallest absolute Gasteiger partial charge is 0.0969 e. The number of aromatic amines is 1. The van der Waals surface area contributed by atoms with Gasteiger partial charge in [-0.3, -0.25) is 0 Å². The number of hydrogen-bond donors (Lipinski definition) is 2. The molecule has 3 heteroatoms. The van der Waals surface area contributed by atoms with Crippen LogP contribution in [0.1, 0.15) is 35.0 Å². The van der Waals surface area contributed by atoms with Crippen LogP contribution in [-0.2, 0) is 17.6 Å². The summed E-state index contributed by atoms with van der Waals surface area (Å²) in [5.41, 5.74) is 5.75. The molecule has 0 spiro atoms. The third kappa shape index (κ3) is 1.50. The topological polar surface area (TPSA) is 37.0 Å². The van der Waals surface area contributed by atoms with Gasteiger partial charge < -0.3 is 15.0 Å². The highest BCUT2D eigenvalue weighted by atomic mass is 16.5. The molecule has 1 unspecified atom stereocenters. The molecule has 0 saturated carbocycles. The fourth-order valence-electron chi connectivity index (χ4n) is 2.89. The average molecular weight is 206 g/mol. The monoisotopic (exact) mass is 206 g/mol. The Morgan fingerprint density at radius 1 is 1.33 bits per heavy atom.